The van der Waals surface area contributed by atoms with Crippen molar-refractivity contribution >= 4 is 5.78 Å². The minimum Gasteiger partial charge on any atom is -0.355 e. The van der Waals surface area contributed by atoms with E-state index in [1.54, 1.807) is 0 Å². The van der Waals surface area contributed by atoms with Crippen molar-refractivity contribution in [3.8, 4) is 0 Å². The quantitative estimate of drug-likeness (QED) is 0.474. The number of ether oxygens (including phenoxy) is 2. The second-order valence-corrected chi connectivity index (χ2v) is 1.97. The Morgan fingerprint density at radius 1 is 1.11 bits per heavy atom. The SMILES string of the molecule is O=C1CCOCOCC1. The Morgan fingerprint density at radius 3 is 2.22 bits per heavy atom. The van der Waals surface area contributed by atoms with Crippen LogP contribution in [-0.4, -0.2) is 25.8 Å². The molecule has 0 aromatic carbocycles. The fourth-order valence-corrected chi connectivity index (χ4v) is 0.674. The zero-order valence-electron chi connectivity index (χ0n) is 5.26. The van der Waals surface area contributed by atoms with E-state index in [-0.39, 0.29) is 5.78 Å². The summed E-state index contributed by atoms with van der Waals surface area (Å²) in [6.07, 6.45) is 1.09. The summed E-state index contributed by atoms with van der Waals surface area (Å²) in [5.41, 5.74) is 0. The summed E-state index contributed by atoms with van der Waals surface area (Å²) in [7, 11) is 0. The monoisotopic (exact) mass is 130 g/mol. The maximum absolute atomic E-state index is 10.7. The van der Waals surface area contributed by atoms with Gasteiger partial charge in [0.1, 0.15) is 12.6 Å². The van der Waals surface area contributed by atoms with Crippen LogP contribution in [0.2, 0.25) is 0 Å². The van der Waals surface area contributed by atoms with Crippen LogP contribution in [0.1, 0.15) is 12.8 Å². The highest BCUT2D eigenvalue weighted by Crippen LogP contribution is 1.96. The van der Waals surface area contributed by atoms with Crippen molar-refractivity contribution in [3.05, 3.63) is 0 Å². The van der Waals surface area contributed by atoms with Crippen molar-refractivity contribution in [1.82, 2.24) is 0 Å². The lowest BCUT2D eigenvalue weighted by molar-refractivity contribution is -0.128. The molecule has 0 bridgehead atoms. The summed E-state index contributed by atoms with van der Waals surface area (Å²) in [4.78, 5) is 10.7. The molecule has 0 N–H and O–H groups in total. The van der Waals surface area contributed by atoms with Crippen LogP contribution >= 0.6 is 0 Å². The molecule has 0 amide bonds. The molecule has 0 saturated carbocycles. The lowest BCUT2D eigenvalue weighted by Gasteiger charge is -2.08. The molecule has 3 heteroatoms. The average molecular weight is 130 g/mol. The molecule has 1 heterocycles. The van der Waals surface area contributed by atoms with Gasteiger partial charge >= 0.3 is 0 Å². The molecular formula is C6H10O3. The highest BCUT2D eigenvalue weighted by Gasteiger charge is 2.04. The summed E-state index contributed by atoms with van der Waals surface area (Å²) in [6.45, 7) is 1.37. The summed E-state index contributed by atoms with van der Waals surface area (Å²) < 4.78 is 9.80. The number of hydrogen-bond acceptors (Lipinski definition) is 3. The number of rotatable bonds is 0. The molecule has 0 unspecified atom stereocenters. The van der Waals surface area contributed by atoms with Gasteiger partial charge in [0.05, 0.1) is 13.2 Å². The largest absolute Gasteiger partial charge is 0.355 e. The van der Waals surface area contributed by atoms with Crippen molar-refractivity contribution in [2.75, 3.05) is 20.0 Å². The lowest BCUT2D eigenvalue weighted by Crippen LogP contribution is -2.14. The van der Waals surface area contributed by atoms with Crippen molar-refractivity contribution < 1.29 is 14.3 Å². The number of Topliss-reactive ketones (excluding diaryl/α,β-unsaturated/α-hetero) is 1. The summed E-state index contributed by atoms with van der Waals surface area (Å²) in [5, 5.41) is 0. The van der Waals surface area contributed by atoms with Crippen molar-refractivity contribution in [1.29, 1.82) is 0 Å². The number of hydrogen-bond donors (Lipinski definition) is 0. The van der Waals surface area contributed by atoms with E-state index >= 15 is 0 Å². The van der Waals surface area contributed by atoms with Gasteiger partial charge in [-0.25, -0.2) is 0 Å². The van der Waals surface area contributed by atoms with Crippen molar-refractivity contribution in [3.63, 3.8) is 0 Å². The molecule has 3 nitrogen and oxygen atoms in total. The molecule has 0 spiro atoms. The molecule has 52 valence electrons. The Hall–Kier alpha value is -0.410. The molecule has 9 heavy (non-hydrogen) atoms. The van der Waals surface area contributed by atoms with E-state index in [1.807, 2.05) is 0 Å². The Bertz CT molecular complexity index is 90.5. The van der Waals surface area contributed by atoms with E-state index in [0.717, 1.165) is 0 Å². The van der Waals surface area contributed by atoms with Gasteiger partial charge < -0.3 is 9.47 Å². The third-order valence-corrected chi connectivity index (χ3v) is 1.22. The van der Waals surface area contributed by atoms with Gasteiger partial charge in [0.25, 0.3) is 0 Å². The Labute approximate surface area is 53.9 Å². The summed E-state index contributed by atoms with van der Waals surface area (Å²) in [5.74, 6) is 0.231. The van der Waals surface area contributed by atoms with E-state index in [2.05, 4.69) is 0 Å². The van der Waals surface area contributed by atoms with Gasteiger partial charge in [0, 0.05) is 12.8 Å². The van der Waals surface area contributed by atoms with E-state index < -0.39 is 0 Å². The first-order valence-electron chi connectivity index (χ1n) is 3.07. The third kappa shape index (κ3) is 2.58. The molecule has 0 radical (unpaired) electrons. The molecular weight excluding hydrogens is 120 g/mol. The topological polar surface area (TPSA) is 35.5 Å². The molecule has 0 aromatic rings. The molecule has 1 fully saturated rings. The van der Waals surface area contributed by atoms with Gasteiger partial charge in [-0.15, -0.1) is 0 Å². The van der Waals surface area contributed by atoms with Crippen LogP contribution in [0.5, 0.6) is 0 Å². The Morgan fingerprint density at radius 2 is 1.67 bits per heavy atom. The highest BCUT2D eigenvalue weighted by molar-refractivity contribution is 5.78. The average Bonchev–Trinajstić information content (AvgIpc) is 1.79. The van der Waals surface area contributed by atoms with Gasteiger partial charge in [-0.2, -0.15) is 0 Å². The molecule has 1 aliphatic heterocycles. The number of carbonyl (C=O) groups excluding carboxylic acids is 1. The van der Waals surface area contributed by atoms with E-state index in [1.165, 1.54) is 0 Å². The number of ketones is 1. The van der Waals surface area contributed by atoms with Gasteiger partial charge in [-0.1, -0.05) is 0 Å². The first kappa shape index (κ1) is 6.71. The van der Waals surface area contributed by atoms with Gasteiger partial charge in [0.15, 0.2) is 0 Å². The zero-order chi connectivity index (χ0) is 6.53. The molecule has 0 atom stereocenters. The summed E-state index contributed by atoms with van der Waals surface area (Å²) >= 11 is 0. The van der Waals surface area contributed by atoms with E-state index in [0.29, 0.717) is 32.8 Å². The standard InChI is InChI=1S/C6H10O3/c7-6-1-3-8-5-9-4-2-6/h1-5H2. The van der Waals surface area contributed by atoms with Crippen LogP contribution in [0.15, 0.2) is 0 Å². The van der Waals surface area contributed by atoms with Crippen LogP contribution in [0.3, 0.4) is 0 Å². The first-order chi connectivity index (χ1) is 4.39. The minimum atomic E-state index is 0.231. The normalized spacial score (nSPS) is 22.9. The second-order valence-electron chi connectivity index (χ2n) is 1.97. The van der Waals surface area contributed by atoms with Gasteiger partial charge in [0.2, 0.25) is 0 Å². The molecule has 0 aliphatic carbocycles. The maximum atomic E-state index is 10.7. The molecule has 1 aliphatic rings. The Balaban J connectivity index is 2.20. The second kappa shape index (κ2) is 3.58. The van der Waals surface area contributed by atoms with Gasteiger partial charge in [-0.3, -0.25) is 4.79 Å². The minimum absolute atomic E-state index is 0.231. The zero-order valence-corrected chi connectivity index (χ0v) is 5.26. The fraction of sp³-hybridized carbons (Fsp3) is 0.833. The fourth-order valence-electron chi connectivity index (χ4n) is 0.674. The summed E-state index contributed by atoms with van der Waals surface area (Å²) in [6, 6.07) is 0. The predicted molar refractivity (Wildman–Crippen MR) is 31.0 cm³/mol. The first-order valence-corrected chi connectivity index (χ1v) is 3.07. The molecule has 1 saturated heterocycles. The number of carbonyl (C=O) groups is 1. The molecule has 1 rings (SSSR count). The highest BCUT2D eigenvalue weighted by atomic mass is 16.7. The van der Waals surface area contributed by atoms with Crippen molar-refractivity contribution in [2.45, 2.75) is 12.8 Å². The van der Waals surface area contributed by atoms with Crippen molar-refractivity contribution in [2.24, 2.45) is 0 Å². The Kier molecular flexibility index (Phi) is 2.67. The lowest BCUT2D eigenvalue weighted by atomic mass is 10.2. The van der Waals surface area contributed by atoms with Crippen LogP contribution in [0.25, 0.3) is 0 Å². The van der Waals surface area contributed by atoms with Crippen LogP contribution < -0.4 is 0 Å². The van der Waals surface area contributed by atoms with E-state index in [9.17, 15) is 4.79 Å². The predicted octanol–water partition coefficient (Wildman–Crippen LogP) is 0.340. The van der Waals surface area contributed by atoms with E-state index in [4.69, 9.17) is 9.47 Å². The third-order valence-electron chi connectivity index (χ3n) is 1.22. The van der Waals surface area contributed by atoms with Crippen LogP contribution in [-0.2, 0) is 14.3 Å². The maximum Gasteiger partial charge on any atom is 0.146 e. The van der Waals surface area contributed by atoms with Crippen LogP contribution in [0, 0.1) is 0 Å². The van der Waals surface area contributed by atoms with Crippen LogP contribution in [0.4, 0.5) is 0 Å². The van der Waals surface area contributed by atoms with Gasteiger partial charge in [-0.05, 0) is 0 Å². The molecule has 0 aromatic heterocycles. The smallest absolute Gasteiger partial charge is 0.146 e.